The van der Waals surface area contributed by atoms with Gasteiger partial charge in [0.25, 0.3) is 0 Å². The van der Waals surface area contributed by atoms with Gasteiger partial charge in [0.1, 0.15) is 5.83 Å². The monoisotopic (exact) mass is 198 g/mol. The van der Waals surface area contributed by atoms with E-state index in [1.807, 2.05) is 0 Å². The molecule has 78 valence electrons. The first-order chi connectivity index (χ1) is 6.56. The third-order valence-electron chi connectivity index (χ3n) is 1.46. The van der Waals surface area contributed by atoms with Gasteiger partial charge in [0.2, 0.25) is 0 Å². The van der Waals surface area contributed by atoms with E-state index in [9.17, 15) is 9.18 Å². The zero-order valence-corrected chi connectivity index (χ0v) is 8.38. The van der Waals surface area contributed by atoms with Gasteiger partial charge in [-0.05, 0) is 19.4 Å². The number of carbonyl (C=O) groups is 1. The van der Waals surface area contributed by atoms with Gasteiger partial charge in [-0.3, -0.25) is 4.79 Å². The number of ether oxygens (including phenoxy) is 1. The summed E-state index contributed by atoms with van der Waals surface area (Å²) in [4.78, 5) is 10.9. The third-order valence-corrected chi connectivity index (χ3v) is 1.46. The Morgan fingerprint density at radius 2 is 2.00 bits per heavy atom. The predicted octanol–water partition coefficient (Wildman–Crippen LogP) is 2.93. The zero-order chi connectivity index (χ0) is 11.0. The van der Waals surface area contributed by atoms with Crippen LogP contribution in [0.25, 0.3) is 0 Å². The Morgan fingerprint density at radius 1 is 1.36 bits per heavy atom. The largest absolute Gasteiger partial charge is 0.466 e. The molecule has 0 radical (unpaired) electrons. The van der Waals surface area contributed by atoms with Gasteiger partial charge >= 0.3 is 5.97 Å². The third kappa shape index (κ3) is 7.28. The van der Waals surface area contributed by atoms with Crippen LogP contribution in [0.15, 0.2) is 36.7 Å². The standard InChI is InChI=1S/C11H15FO2/c1-4-14-11(13)8-6-9(2)5-7-10(3)12/h5,7H,2-4,6,8H2,1H3/b7-5-. The molecule has 0 aromatic carbocycles. The molecule has 0 fully saturated rings. The van der Waals surface area contributed by atoms with Gasteiger partial charge in [0.15, 0.2) is 0 Å². The molecule has 2 nitrogen and oxygen atoms in total. The van der Waals surface area contributed by atoms with Crippen molar-refractivity contribution in [2.45, 2.75) is 19.8 Å². The van der Waals surface area contributed by atoms with Crippen LogP contribution < -0.4 is 0 Å². The van der Waals surface area contributed by atoms with E-state index in [2.05, 4.69) is 13.2 Å². The highest BCUT2D eigenvalue weighted by atomic mass is 19.1. The molecule has 0 rings (SSSR count). The highest BCUT2D eigenvalue weighted by molar-refractivity contribution is 5.69. The van der Waals surface area contributed by atoms with Crippen LogP contribution in [0.2, 0.25) is 0 Å². The molecule has 0 unspecified atom stereocenters. The van der Waals surface area contributed by atoms with Crippen LogP contribution in [-0.2, 0) is 9.53 Å². The van der Waals surface area contributed by atoms with E-state index in [0.29, 0.717) is 18.6 Å². The Balaban J connectivity index is 3.74. The zero-order valence-electron chi connectivity index (χ0n) is 8.38. The molecule has 0 aromatic heterocycles. The predicted molar refractivity (Wildman–Crippen MR) is 54.4 cm³/mol. The van der Waals surface area contributed by atoms with Crippen LogP contribution in [0.5, 0.6) is 0 Å². The lowest BCUT2D eigenvalue weighted by Gasteiger charge is -2.00. The number of halogens is 1. The molecular formula is C11H15FO2. The second-order valence-electron chi connectivity index (χ2n) is 2.74. The fourth-order valence-corrected chi connectivity index (χ4v) is 0.787. The smallest absolute Gasteiger partial charge is 0.306 e. The number of allylic oxidation sites excluding steroid dienone is 4. The molecule has 0 atom stereocenters. The second kappa shape index (κ2) is 7.06. The van der Waals surface area contributed by atoms with Gasteiger partial charge < -0.3 is 4.74 Å². The summed E-state index contributed by atoms with van der Waals surface area (Å²) in [7, 11) is 0. The first-order valence-electron chi connectivity index (χ1n) is 4.42. The lowest BCUT2D eigenvalue weighted by Crippen LogP contribution is -2.03. The summed E-state index contributed by atoms with van der Waals surface area (Å²) in [5.74, 6) is -0.789. The lowest BCUT2D eigenvalue weighted by molar-refractivity contribution is -0.143. The van der Waals surface area contributed by atoms with Crippen molar-refractivity contribution in [3.05, 3.63) is 36.7 Å². The molecule has 14 heavy (non-hydrogen) atoms. The van der Waals surface area contributed by atoms with E-state index >= 15 is 0 Å². The topological polar surface area (TPSA) is 26.3 Å². The Labute approximate surface area is 83.8 Å². The van der Waals surface area contributed by atoms with Crippen molar-refractivity contribution in [2.24, 2.45) is 0 Å². The minimum Gasteiger partial charge on any atom is -0.466 e. The van der Waals surface area contributed by atoms with Crippen molar-refractivity contribution in [2.75, 3.05) is 6.61 Å². The van der Waals surface area contributed by atoms with Crippen molar-refractivity contribution in [3.8, 4) is 0 Å². The highest BCUT2D eigenvalue weighted by Crippen LogP contribution is 2.07. The van der Waals surface area contributed by atoms with Crippen LogP contribution in [0.4, 0.5) is 4.39 Å². The van der Waals surface area contributed by atoms with Crippen molar-refractivity contribution < 1.29 is 13.9 Å². The summed E-state index contributed by atoms with van der Waals surface area (Å²) in [5, 5.41) is 0. The fraction of sp³-hybridized carbons (Fsp3) is 0.364. The number of carbonyl (C=O) groups excluding carboxylic acids is 1. The molecular weight excluding hydrogens is 183 g/mol. The van der Waals surface area contributed by atoms with Gasteiger partial charge in [-0.2, -0.15) is 0 Å². The molecule has 0 saturated heterocycles. The maximum atomic E-state index is 12.2. The minimum absolute atomic E-state index is 0.263. The van der Waals surface area contributed by atoms with Gasteiger partial charge in [-0.1, -0.05) is 24.8 Å². The van der Waals surface area contributed by atoms with Crippen LogP contribution in [0, 0.1) is 0 Å². The average molecular weight is 198 g/mol. The minimum atomic E-state index is -0.526. The quantitative estimate of drug-likeness (QED) is 0.484. The summed E-state index contributed by atoms with van der Waals surface area (Å²) in [6, 6.07) is 0. The number of esters is 1. The molecule has 3 heteroatoms. The van der Waals surface area contributed by atoms with E-state index in [1.54, 1.807) is 6.92 Å². The lowest BCUT2D eigenvalue weighted by atomic mass is 10.1. The molecule has 0 N–H and O–H groups in total. The normalized spacial score (nSPS) is 10.1. The molecule has 0 spiro atoms. The van der Waals surface area contributed by atoms with E-state index in [4.69, 9.17) is 4.74 Å². The van der Waals surface area contributed by atoms with E-state index in [-0.39, 0.29) is 12.4 Å². The van der Waals surface area contributed by atoms with Crippen LogP contribution in [0.1, 0.15) is 19.8 Å². The van der Waals surface area contributed by atoms with Crippen LogP contribution in [-0.4, -0.2) is 12.6 Å². The summed E-state index contributed by atoms with van der Waals surface area (Å²) in [6.07, 6.45) is 3.47. The SMILES string of the molecule is C=C(F)/C=C\C(=C)CCC(=O)OCC. The van der Waals surface area contributed by atoms with Gasteiger partial charge in [-0.15, -0.1) is 0 Å². The molecule has 0 aliphatic carbocycles. The first-order valence-corrected chi connectivity index (χ1v) is 4.42. The van der Waals surface area contributed by atoms with Crippen LogP contribution in [0.3, 0.4) is 0 Å². The van der Waals surface area contributed by atoms with Gasteiger partial charge in [0.05, 0.1) is 6.61 Å². The molecule has 0 bridgehead atoms. The van der Waals surface area contributed by atoms with E-state index in [0.717, 1.165) is 0 Å². The Morgan fingerprint density at radius 3 is 2.50 bits per heavy atom. The molecule has 0 amide bonds. The maximum Gasteiger partial charge on any atom is 0.306 e. The summed E-state index contributed by atoms with van der Waals surface area (Å²) in [6.45, 7) is 8.85. The maximum absolute atomic E-state index is 12.2. The number of hydrogen-bond acceptors (Lipinski definition) is 2. The summed E-state index contributed by atoms with van der Waals surface area (Å²) in [5.41, 5.74) is 0.678. The molecule has 0 aliphatic rings. The number of rotatable bonds is 6. The highest BCUT2D eigenvalue weighted by Gasteiger charge is 2.01. The summed E-state index contributed by atoms with van der Waals surface area (Å²) >= 11 is 0. The van der Waals surface area contributed by atoms with Crippen LogP contribution >= 0.6 is 0 Å². The fourth-order valence-electron chi connectivity index (χ4n) is 0.787. The molecule has 0 heterocycles. The molecule has 0 aromatic rings. The Hall–Kier alpha value is -1.38. The van der Waals surface area contributed by atoms with Crippen molar-refractivity contribution in [1.29, 1.82) is 0 Å². The second-order valence-corrected chi connectivity index (χ2v) is 2.74. The van der Waals surface area contributed by atoms with Gasteiger partial charge in [0, 0.05) is 6.42 Å². The average Bonchev–Trinajstić information content (AvgIpc) is 2.12. The first kappa shape index (κ1) is 12.6. The van der Waals surface area contributed by atoms with Crippen molar-refractivity contribution in [3.63, 3.8) is 0 Å². The Kier molecular flexibility index (Phi) is 6.37. The molecule has 0 saturated carbocycles. The van der Waals surface area contributed by atoms with E-state index in [1.165, 1.54) is 12.2 Å². The van der Waals surface area contributed by atoms with Crippen molar-refractivity contribution in [1.82, 2.24) is 0 Å². The van der Waals surface area contributed by atoms with E-state index < -0.39 is 5.83 Å². The van der Waals surface area contributed by atoms with Gasteiger partial charge in [-0.25, -0.2) is 4.39 Å². The Bertz CT molecular complexity index is 254. The van der Waals surface area contributed by atoms with Crippen molar-refractivity contribution >= 4 is 5.97 Å². The summed E-state index contributed by atoms with van der Waals surface area (Å²) < 4.78 is 16.9. The number of hydrogen-bond donors (Lipinski definition) is 0. The molecule has 0 aliphatic heterocycles.